The van der Waals surface area contributed by atoms with E-state index in [0.717, 1.165) is 11.8 Å². The Morgan fingerprint density at radius 1 is 0.765 bits per heavy atom. The lowest BCUT2D eigenvalue weighted by Crippen LogP contribution is -2.51. The summed E-state index contributed by atoms with van der Waals surface area (Å²) in [5.41, 5.74) is 4.54. The summed E-state index contributed by atoms with van der Waals surface area (Å²) in [5, 5.41) is 0. The van der Waals surface area contributed by atoms with E-state index >= 15 is 0 Å². The molecule has 4 aliphatic rings. The molecular weight excluding hydrogens is 412 g/mol. The average Bonchev–Trinajstić information content (AvgIpc) is 3.43. The second-order valence-corrected chi connectivity index (χ2v) is 11.6. The van der Waals surface area contributed by atoms with Gasteiger partial charge in [-0.1, -0.05) is 93.1 Å². The van der Waals surface area contributed by atoms with Gasteiger partial charge in [0.05, 0.1) is 6.04 Å². The van der Waals surface area contributed by atoms with Gasteiger partial charge >= 0.3 is 0 Å². The Kier molecular flexibility index (Phi) is 5.95. The van der Waals surface area contributed by atoms with Crippen LogP contribution in [0.5, 0.6) is 0 Å². The van der Waals surface area contributed by atoms with E-state index in [1.165, 1.54) is 75.5 Å². The molecule has 34 heavy (non-hydrogen) atoms. The number of rotatable bonds is 4. The van der Waals surface area contributed by atoms with Crippen LogP contribution in [0.3, 0.4) is 0 Å². The zero-order valence-electron chi connectivity index (χ0n) is 21.2. The molecule has 2 heterocycles. The van der Waals surface area contributed by atoms with Crippen LogP contribution in [-0.2, 0) is 5.41 Å². The lowest BCUT2D eigenvalue weighted by Gasteiger charge is -2.46. The Hall–Kier alpha value is -2.22. The molecule has 4 atom stereocenters. The third-order valence-electron chi connectivity index (χ3n) is 9.84. The van der Waals surface area contributed by atoms with Crippen molar-refractivity contribution in [3.05, 3.63) is 78.0 Å². The minimum atomic E-state index is 0.117. The van der Waals surface area contributed by atoms with Crippen LogP contribution >= 0.6 is 0 Å². The normalized spacial score (nSPS) is 32.4. The van der Waals surface area contributed by atoms with E-state index in [1.807, 2.05) is 0 Å². The van der Waals surface area contributed by atoms with Crippen LogP contribution in [0.15, 0.2) is 66.9 Å². The lowest BCUT2D eigenvalue weighted by atomic mass is 9.61. The second-order valence-electron chi connectivity index (χ2n) is 11.6. The molecule has 2 aromatic rings. The monoisotopic (exact) mass is 454 g/mol. The summed E-state index contributed by atoms with van der Waals surface area (Å²) in [5.74, 6) is 1.49. The van der Waals surface area contributed by atoms with Gasteiger partial charge in [-0.25, -0.2) is 0 Å². The van der Waals surface area contributed by atoms with Crippen molar-refractivity contribution in [1.29, 1.82) is 0 Å². The van der Waals surface area contributed by atoms with Gasteiger partial charge in [-0.05, 0) is 74.8 Å². The SMILES string of the molecule is Cc1ccccc1N1C(C2CCCCC2)N2C=CC(c3ccccc3)(C3CCCCC3)C2[C@@H]1C. The molecule has 0 aromatic heterocycles. The Bertz CT molecular complexity index is 1000. The van der Waals surface area contributed by atoms with Gasteiger partial charge in [-0.15, -0.1) is 0 Å². The van der Waals surface area contributed by atoms with Crippen molar-refractivity contribution in [2.45, 2.75) is 102 Å². The third-order valence-corrected chi connectivity index (χ3v) is 9.84. The van der Waals surface area contributed by atoms with Crippen LogP contribution in [0.2, 0.25) is 0 Å². The lowest BCUT2D eigenvalue weighted by molar-refractivity contribution is 0.125. The van der Waals surface area contributed by atoms with E-state index in [9.17, 15) is 0 Å². The van der Waals surface area contributed by atoms with Crippen molar-refractivity contribution in [3.8, 4) is 0 Å². The maximum absolute atomic E-state index is 2.86. The van der Waals surface area contributed by atoms with Crippen LogP contribution in [0.4, 0.5) is 5.69 Å². The zero-order valence-corrected chi connectivity index (χ0v) is 21.2. The van der Waals surface area contributed by atoms with E-state index in [2.05, 4.69) is 90.5 Å². The first kappa shape index (κ1) is 22.3. The van der Waals surface area contributed by atoms with Gasteiger partial charge in [0.15, 0.2) is 0 Å². The maximum Gasteiger partial charge on any atom is 0.105 e. The van der Waals surface area contributed by atoms with Crippen LogP contribution in [0.25, 0.3) is 0 Å². The number of hydrogen-bond donors (Lipinski definition) is 0. The Balaban J connectivity index is 1.49. The third kappa shape index (κ3) is 3.43. The zero-order chi connectivity index (χ0) is 23.1. The molecule has 2 aliphatic heterocycles. The van der Waals surface area contributed by atoms with Crippen LogP contribution in [0.1, 0.15) is 82.3 Å². The molecule has 2 aromatic carbocycles. The highest BCUT2D eigenvalue weighted by molar-refractivity contribution is 5.58. The Labute approximate surface area is 207 Å². The number of benzene rings is 2. The molecule has 0 radical (unpaired) electrons. The standard InChI is InChI=1S/C32H42N2/c1-24-14-12-13-21-29(24)34-25(2)30-32(27-17-8-4-9-18-27,28-19-10-5-11-20-28)22-23-33(30)31(34)26-15-6-3-7-16-26/h4,8-9,12-14,17-18,21-23,25-26,28,30-31H,3,5-7,10-11,15-16,19-20H2,1-2H3/t25-,30?,31?,32?/m0/s1. The molecule has 0 spiro atoms. The molecule has 1 saturated heterocycles. The summed E-state index contributed by atoms with van der Waals surface area (Å²) in [4.78, 5) is 5.72. The first-order chi connectivity index (χ1) is 16.7. The van der Waals surface area contributed by atoms with Gasteiger partial charge in [-0.2, -0.15) is 0 Å². The fourth-order valence-electron chi connectivity index (χ4n) is 8.39. The van der Waals surface area contributed by atoms with Crippen molar-refractivity contribution in [1.82, 2.24) is 4.90 Å². The van der Waals surface area contributed by atoms with E-state index in [4.69, 9.17) is 0 Å². The highest BCUT2D eigenvalue weighted by Crippen LogP contribution is 2.56. The van der Waals surface area contributed by atoms with Crippen molar-refractivity contribution >= 4 is 5.69 Å². The number of anilines is 1. The quantitative estimate of drug-likeness (QED) is 0.464. The van der Waals surface area contributed by atoms with Crippen LogP contribution < -0.4 is 4.90 Å². The maximum atomic E-state index is 2.86. The highest BCUT2D eigenvalue weighted by atomic mass is 15.5. The second kappa shape index (κ2) is 9.10. The minimum Gasteiger partial charge on any atom is -0.351 e. The summed E-state index contributed by atoms with van der Waals surface area (Å²) >= 11 is 0. The molecule has 180 valence electrons. The van der Waals surface area contributed by atoms with Crippen LogP contribution in [-0.4, -0.2) is 23.1 Å². The van der Waals surface area contributed by atoms with Crippen molar-refractivity contribution in [2.24, 2.45) is 11.8 Å². The molecule has 3 fully saturated rings. The molecule has 2 nitrogen and oxygen atoms in total. The first-order valence-corrected chi connectivity index (χ1v) is 14.1. The molecule has 3 unspecified atom stereocenters. The number of aryl methyl sites for hydroxylation is 1. The largest absolute Gasteiger partial charge is 0.351 e. The fraction of sp³-hybridized carbons (Fsp3) is 0.562. The molecule has 2 saturated carbocycles. The molecular formula is C32H42N2. The van der Waals surface area contributed by atoms with E-state index < -0.39 is 0 Å². The summed E-state index contributed by atoms with van der Waals surface area (Å²) < 4.78 is 0. The fourth-order valence-corrected chi connectivity index (χ4v) is 8.39. The Morgan fingerprint density at radius 3 is 2.12 bits per heavy atom. The summed E-state index contributed by atoms with van der Waals surface area (Å²) in [6.45, 7) is 4.85. The van der Waals surface area contributed by atoms with Crippen LogP contribution in [0, 0.1) is 18.8 Å². The first-order valence-electron chi connectivity index (χ1n) is 14.1. The molecule has 0 N–H and O–H groups in total. The van der Waals surface area contributed by atoms with Gasteiger partial charge in [0.2, 0.25) is 0 Å². The minimum absolute atomic E-state index is 0.117. The predicted molar refractivity (Wildman–Crippen MR) is 143 cm³/mol. The molecule has 0 bridgehead atoms. The van der Waals surface area contributed by atoms with Gasteiger partial charge in [0, 0.05) is 17.1 Å². The van der Waals surface area contributed by atoms with Crippen molar-refractivity contribution in [3.63, 3.8) is 0 Å². The summed E-state index contributed by atoms with van der Waals surface area (Å²) in [6, 6.07) is 21.7. The molecule has 2 heteroatoms. The Morgan fingerprint density at radius 2 is 1.41 bits per heavy atom. The number of para-hydroxylation sites is 1. The van der Waals surface area contributed by atoms with Gasteiger partial charge in [0.25, 0.3) is 0 Å². The van der Waals surface area contributed by atoms with Gasteiger partial charge in [-0.3, -0.25) is 0 Å². The summed E-state index contributed by atoms with van der Waals surface area (Å²) in [7, 11) is 0. The molecule has 2 aliphatic carbocycles. The van der Waals surface area contributed by atoms with Gasteiger partial charge < -0.3 is 9.80 Å². The highest BCUT2D eigenvalue weighted by Gasteiger charge is 2.60. The summed E-state index contributed by atoms with van der Waals surface area (Å²) in [6.07, 6.45) is 19.6. The van der Waals surface area contributed by atoms with Gasteiger partial charge in [0.1, 0.15) is 6.17 Å². The number of nitrogens with zero attached hydrogens (tertiary/aromatic N) is 2. The molecule has 6 rings (SSSR count). The smallest absolute Gasteiger partial charge is 0.105 e. The predicted octanol–water partition coefficient (Wildman–Crippen LogP) is 7.83. The molecule has 0 amide bonds. The topological polar surface area (TPSA) is 6.48 Å². The van der Waals surface area contributed by atoms with E-state index in [1.54, 1.807) is 5.56 Å². The van der Waals surface area contributed by atoms with Crippen molar-refractivity contribution in [2.75, 3.05) is 4.90 Å². The number of fused-ring (bicyclic) bond motifs is 1. The van der Waals surface area contributed by atoms with E-state index in [0.29, 0.717) is 18.2 Å². The van der Waals surface area contributed by atoms with E-state index in [-0.39, 0.29) is 5.41 Å². The average molecular weight is 455 g/mol. The number of hydrogen-bond acceptors (Lipinski definition) is 2. The van der Waals surface area contributed by atoms with Crippen molar-refractivity contribution < 1.29 is 0 Å².